The highest BCUT2D eigenvalue weighted by molar-refractivity contribution is 5.90. The van der Waals surface area contributed by atoms with E-state index in [2.05, 4.69) is 6.92 Å². The molecule has 1 amide bonds. The maximum Gasteiger partial charge on any atom is 0.374 e. The third-order valence-corrected chi connectivity index (χ3v) is 4.30. The zero-order valence-corrected chi connectivity index (χ0v) is 13.5. The topological polar surface area (TPSA) is 76.8 Å². The van der Waals surface area contributed by atoms with Crippen LogP contribution in [0.4, 0.5) is 0 Å². The molecule has 6 nitrogen and oxygen atoms in total. The Hall–Kier alpha value is -2.63. The Morgan fingerprint density at radius 1 is 1.25 bits per heavy atom. The van der Waals surface area contributed by atoms with Gasteiger partial charge < -0.3 is 14.1 Å². The quantitative estimate of drug-likeness (QED) is 0.807. The number of nitrogens with zero attached hydrogens (tertiary/aromatic N) is 1. The van der Waals surface area contributed by atoms with Gasteiger partial charge in [-0.25, -0.2) is 4.79 Å². The van der Waals surface area contributed by atoms with E-state index in [0.717, 1.165) is 18.9 Å². The van der Waals surface area contributed by atoms with Crippen LogP contribution < -0.4 is 5.43 Å². The molecule has 1 fully saturated rings. The number of amides is 1. The fraction of sp³-hybridized carbons (Fsp3) is 0.389. The maximum atomic E-state index is 12.1. The average Bonchev–Trinajstić information content (AvgIpc) is 2.60. The Morgan fingerprint density at radius 3 is 2.71 bits per heavy atom. The molecule has 0 unspecified atom stereocenters. The van der Waals surface area contributed by atoms with Crippen molar-refractivity contribution in [2.24, 2.45) is 5.92 Å². The Balaban J connectivity index is 1.65. The van der Waals surface area contributed by atoms with Crippen molar-refractivity contribution in [2.45, 2.75) is 19.8 Å². The first-order valence-electron chi connectivity index (χ1n) is 8.02. The van der Waals surface area contributed by atoms with Crippen LogP contribution in [0.3, 0.4) is 0 Å². The standard InChI is InChI=1S/C18H19NO5/c1-12-6-8-19(9-7-12)17(21)11-23-18(22)16-10-14(20)13-4-2-3-5-15(13)24-16/h2-5,10,12H,6-9,11H2,1H3. The number of ether oxygens (including phenoxy) is 1. The van der Waals surface area contributed by atoms with Gasteiger partial charge in [0.2, 0.25) is 5.76 Å². The van der Waals surface area contributed by atoms with Crippen LogP contribution in [0.15, 0.2) is 39.5 Å². The first kappa shape index (κ1) is 16.2. The molecular weight excluding hydrogens is 310 g/mol. The van der Waals surface area contributed by atoms with Gasteiger partial charge in [-0.15, -0.1) is 0 Å². The van der Waals surface area contributed by atoms with Gasteiger partial charge >= 0.3 is 5.97 Å². The van der Waals surface area contributed by atoms with Crippen molar-refractivity contribution >= 4 is 22.8 Å². The molecule has 1 aliphatic heterocycles. The summed E-state index contributed by atoms with van der Waals surface area (Å²) in [5.74, 6) is -0.614. The molecule has 0 spiro atoms. The van der Waals surface area contributed by atoms with Crippen LogP contribution >= 0.6 is 0 Å². The van der Waals surface area contributed by atoms with E-state index in [9.17, 15) is 14.4 Å². The lowest BCUT2D eigenvalue weighted by molar-refractivity contribution is -0.135. The first-order valence-corrected chi connectivity index (χ1v) is 8.02. The molecule has 2 aromatic rings. The zero-order chi connectivity index (χ0) is 17.1. The van der Waals surface area contributed by atoms with Crippen molar-refractivity contribution in [2.75, 3.05) is 19.7 Å². The summed E-state index contributed by atoms with van der Waals surface area (Å²) in [5.41, 5.74) is -0.00607. The van der Waals surface area contributed by atoms with Crippen molar-refractivity contribution in [3.8, 4) is 0 Å². The number of hydrogen-bond acceptors (Lipinski definition) is 5. The number of piperidine rings is 1. The molecule has 1 aliphatic rings. The van der Waals surface area contributed by atoms with Gasteiger partial charge in [-0.05, 0) is 30.9 Å². The van der Waals surface area contributed by atoms with Gasteiger partial charge in [0, 0.05) is 19.2 Å². The Labute approximate surface area is 139 Å². The molecule has 0 saturated carbocycles. The largest absolute Gasteiger partial charge is 0.450 e. The van der Waals surface area contributed by atoms with Crippen molar-refractivity contribution < 1.29 is 18.7 Å². The summed E-state index contributed by atoms with van der Waals surface area (Å²) in [6.45, 7) is 3.18. The molecule has 0 atom stereocenters. The normalized spacial score (nSPS) is 15.5. The molecule has 3 rings (SSSR count). The lowest BCUT2D eigenvalue weighted by Crippen LogP contribution is -2.40. The molecule has 2 heterocycles. The summed E-state index contributed by atoms with van der Waals surface area (Å²) in [6.07, 6.45) is 1.92. The van der Waals surface area contributed by atoms with Gasteiger partial charge in [-0.2, -0.15) is 0 Å². The summed E-state index contributed by atoms with van der Waals surface area (Å²) in [4.78, 5) is 37.8. The Bertz CT molecular complexity index is 818. The molecule has 0 N–H and O–H groups in total. The molecular formula is C18H19NO5. The van der Waals surface area contributed by atoms with E-state index < -0.39 is 5.97 Å². The third kappa shape index (κ3) is 3.48. The second-order valence-electron chi connectivity index (χ2n) is 6.11. The van der Waals surface area contributed by atoms with E-state index >= 15 is 0 Å². The Kier molecular flexibility index (Phi) is 4.64. The van der Waals surface area contributed by atoms with Gasteiger partial charge in [-0.1, -0.05) is 19.1 Å². The van der Waals surface area contributed by atoms with Crippen LogP contribution in [0.5, 0.6) is 0 Å². The van der Waals surface area contributed by atoms with E-state index in [1.807, 2.05) is 0 Å². The number of rotatable bonds is 3. The number of esters is 1. The van der Waals surface area contributed by atoms with Crippen LogP contribution in [-0.4, -0.2) is 36.5 Å². The van der Waals surface area contributed by atoms with Crippen LogP contribution in [0.2, 0.25) is 0 Å². The van der Waals surface area contributed by atoms with E-state index in [1.165, 1.54) is 0 Å². The summed E-state index contributed by atoms with van der Waals surface area (Å²) in [6, 6.07) is 7.75. The van der Waals surface area contributed by atoms with Crippen LogP contribution in [0, 0.1) is 5.92 Å². The summed E-state index contributed by atoms with van der Waals surface area (Å²) >= 11 is 0. The molecule has 1 aromatic carbocycles. The maximum absolute atomic E-state index is 12.1. The van der Waals surface area contributed by atoms with Gasteiger partial charge in [0.1, 0.15) is 5.58 Å². The second kappa shape index (κ2) is 6.86. The molecule has 1 saturated heterocycles. The van der Waals surface area contributed by atoms with E-state index in [4.69, 9.17) is 9.15 Å². The minimum Gasteiger partial charge on any atom is -0.450 e. The van der Waals surface area contributed by atoms with Gasteiger partial charge in [0.15, 0.2) is 12.0 Å². The zero-order valence-electron chi connectivity index (χ0n) is 13.5. The number of likely N-dealkylation sites (tertiary alicyclic amines) is 1. The van der Waals surface area contributed by atoms with Gasteiger partial charge in [-0.3, -0.25) is 9.59 Å². The lowest BCUT2D eigenvalue weighted by atomic mass is 9.99. The average molecular weight is 329 g/mol. The number of para-hydroxylation sites is 1. The van der Waals surface area contributed by atoms with Gasteiger partial charge in [0.05, 0.1) is 5.39 Å². The van der Waals surface area contributed by atoms with Gasteiger partial charge in [0.25, 0.3) is 5.91 Å². The van der Waals surface area contributed by atoms with E-state index in [1.54, 1.807) is 29.2 Å². The van der Waals surface area contributed by atoms with Crippen LogP contribution in [0.1, 0.15) is 30.3 Å². The fourth-order valence-electron chi connectivity index (χ4n) is 2.75. The number of carbonyl (C=O) groups excluding carboxylic acids is 2. The second-order valence-corrected chi connectivity index (χ2v) is 6.11. The number of benzene rings is 1. The molecule has 6 heteroatoms. The molecule has 0 radical (unpaired) electrons. The third-order valence-electron chi connectivity index (χ3n) is 4.30. The molecule has 0 aliphatic carbocycles. The molecule has 24 heavy (non-hydrogen) atoms. The monoisotopic (exact) mass is 329 g/mol. The lowest BCUT2D eigenvalue weighted by Gasteiger charge is -2.30. The highest BCUT2D eigenvalue weighted by Gasteiger charge is 2.22. The predicted molar refractivity (Wildman–Crippen MR) is 87.7 cm³/mol. The number of hydrogen-bond donors (Lipinski definition) is 0. The number of carbonyl (C=O) groups is 2. The van der Waals surface area contributed by atoms with Crippen molar-refractivity contribution in [3.63, 3.8) is 0 Å². The summed E-state index contributed by atoms with van der Waals surface area (Å²) < 4.78 is 10.4. The van der Waals surface area contributed by atoms with Crippen molar-refractivity contribution in [1.82, 2.24) is 4.90 Å². The molecule has 0 bridgehead atoms. The van der Waals surface area contributed by atoms with E-state index in [-0.39, 0.29) is 23.7 Å². The summed E-state index contributed by atoms with van der Waals surface area (Å²) in [5, 5.41) is 0.396. The smallest absolute Gasteiger partial charge is 0.374 e. The van der Waals surface area contributed by atoms with Crippen LogP contribution in [0.25, 0.3) is 11.0 Å². The molecule has 1 aromatic heterocycles. The minimum absolute atomic E-state index is 0.196. The SMILES string of the molecule is CC1CCN(C(=O)COC(=O)c2cc(=O)c3ccccc3o2)CC1. The van der Waals surface area contributed by atoms with Crippen LogP contribution in [-0.2, 0) is 9.53 Å². The van der Waals surface area contributed by atoms with E-state index in [0.29, 0.717) is 30.0 Å². The highest BCUT2D eigenvalue weighted by Crippen LogP contribution is 2.16. The van der Waals surface area contributed by atoms with Crippen molar-refractivity contribution in [3.05, 3.63) is 46.3 Å². The number of fused-ring (bicyclic) bond motifs is 1. The van der Waals surface area contributed by atoms with Crippen molar-refractivity contribution in [1.29, 1.82) is 0 Å². The highest BCUT2D eigenvalue weighted by atomic mass is 16.5. The summed E-state index contributed by atoms with van der Waals surface area (Å²) in [7, 11) is 0. The first-order chi connectivity index (χ1) is 11.5. The Morgan fingerprint density at radius 2 is 1.96 bits per heavy atom. The fourth-order valence-corrected chi connectivity index (χ4v) is 2.75. The molecule has 126 valence electrons. The minimum atomic E-state index is -0.809. The predicted octanol–water partition coefficient (Wildman–Crippen LogP) is 2.21.